The minimum Gasteiger partial charge on any atom is -0.352 e. The van der Waals surface area contributed by atoms with Crippen LogP contribution in [-0.2, 0) is 11.3 Å². The lowest BCUT2D eigenvalue weighted by molar-refractivity contribution is -0.123. The zero-order chi connectivity index (χ0) is 28.2. The van der Waals surface area contributed by atoms with E-state index in [2.05, 4.69) is 20.9 Å². The van der Waals surface area contributed by atoms with E-state index in [1.54, 1.807) is 0 Å². The zero-order valence-electron chi connectivity index (χ0n) is 19.9. The summed E-state index contributed by atoms with van der Waals surface area (Å²) < 4.78 is 70.6. The van der Waals surface area contributed by atoms with Gasteiger partial charge in [0.2, 0.25) is 18.2 Å². The first-order valence-corrected chi connectivity index (χ1v) is 11.8. The molecule has 2 aromatic carbocycles. The van der Waals surface area contributed by atoms with Gasteiger partial charge in [0.25, 0.3) is 5.91 Å². The molecule has 0 saturated heterocycles. The van der Waals surface area contributed by atoms with Crippen LogP contribution in [0.2, 0.25) is 5.02 Å². The molecule has 4 amide bonds. The van der Waals surface area contributed by atoms with Crippen molar-refractivity contribution in [2.24, 2.45) is 0 Å². The maximum atomic E-state index is 14.1. The number of nitrogens with one attached hydrogen (secondary N) is 3. The summed E-state index contributed by atoms with van der Waals surface area (Å²) in [6.07, 6.45) is -2.98. The fourth-order valence-electron chi connectivity index (χ4n) is 4.73. The van der Waals surface area contributed by atoms with Gasteiger partial charge in [0.05, 0.1) is 23.3 Å². The highest BCUT2D eigenvalue weighted by Gasteiger charge is 2.41. The number of hydrogen-bond donors (Lipinski definition) is 3. The number of aromatic nitrogens is 2. The maximum Gasteiger partial charge on any atom is 0.327 e. The quantitative estimate of drug-likeness (QED) is 0.415. The van der Waals surface area contributed by atoms with E-state index in [-0.39, 0.29) is 39.2 Å². The maximum absolute atomic E-state index is 14.1. The summed E-state index contributed by atoms with van der Waals surface area (Å²) in [7, 11) is 1.31. The first-order chi connectivity index (χ1) is 18.5. The van der Waals surface area contributed by atoms with Crippen LogP contribution < -0.4 is 20.9 Å². The van der Waals surface area contributed by atoms with Crippen LogP contribution in [0.25, 0.3) is 0 Å². The number of carbonyl (C=O) groups excluding carboxylic acids is 3. The third kappa shape index (κ3) is 4.54. The van der Waals surface area contributed by atoms with Crippen LogP contribution in [0.15, 0.2) is 30.3 Å². The molecule has 1 aromatic heterocycles. The number of benzene rings is 2. The van der Waals surface area contributed by atoms with E-state index in [0.717, 1.165) is 17.0 Å². The molecule has 3 N–H and O–H groups in total. The molecule has 0 spiro atoms. The molecule has 0 aliphatic carbocycles. The van der Waals surface area contributed by atoms with Gasteiger partial charge in [-0.25, -0.2) is 31.7 Å². The second-order valence-electron chi connectivity index (χ2n) is 8.81. The van der Waals surface area contributed by atoms with Crippen molar-refractivity contribution in [3.8, 4) is 0 Å². The molecule has 9 nitrogen and oxygen atoms in total. The lowest BCUT2D eigenvalue weighted by atomic mass is 10.0. The number of rotatable bonds is 4. The van der Waals surface area contributed by atoms with E-state index in [4.69, 9.17) is 11.6 Å². The third-order valence-corrected chi connectivity index (χ3v) is 6.84. The van der Waals surface area contributed by atoms with Gasteiger partial charge >= 0.3 is 6.03 Å². The second kappa shape index (κ2) is 9.84. The second-order valence-corrected chi connectivity index (χ2v) is 9.21. The van der Waals surface area contributed by atoms with E-state index in [1.165, 1.54) is 17.7 Å². The van der Waals surface area contributed by atoms with Gasteiger partial charge in [-0.2, -0.15) is 0 Å². The van der Waals surface area contributed by atoms with Gasteiger partial charge in [-0.15, -0.1) is 0 Å². The topological polar surface area (TPSA) is 108 Å². The number of nitrogens with zero attached hydrogens (tertiary/aromatic N) is 3. The fraction of sp³-hybridized carbons (Fsp3) is 0.250. The molecule has 204 valence electrons. The van der Waals surface area contributed by atoms with E-state index in [0.29, 0.717) is 12.1 Å². The van der Waals surface area contributed by atoms with E-state index in [1.807, 2.05) is 0 Å². The number of anilines is 2. The van der Waals surface area contributed by atoms with Crippen LogP contribution in [0, 0.1) is 17.5 Å². The Morgan fingerprint density at radius 3 is 2.54 bits per heavy atom. The van der Waals surface area contributed by atoms with Crippen molar-refractivity contribution >= 4 is 41.0 Å². The van der Waals surface area contributed by atoms with E-state index < -0.39 is 66.8 Å². The number of hydrogen-bond acceptors (Lipinski definition) is 4. The number of alkyl halides is 2. The Balaban J connectivity index is 1.60. The molecule has 3 heterocycles. The van der Waals surface area contributed by atoms with Crippen molar-refractivity contribution in [3.05, 3.63) is 75.5 Å². The SMILES string of the molecule is CNC(=O)c1nc(NC(=O)N2C[C@H](C(F)F)c3cc(F)c(F)cc32)c2n1CC(=O)N[C@H]2c1cc(F)ccc1Cl. The van der Waals surface area contributed by atoms with Crippen molar-refractivity contribution in [2.75, 3.05) is 23.8 Å². The number of fused-ring (bicyclic) bond motifs is 2. The van der Waals surface area contributed by atoms with Gasteiger partial charge in [-0.05, 0) is 29.8 Å². The molecule has 0 radical (unpaired) electrons. The first kappa shape index (κ1) is 26.4. The van der Waals surface area contributed by atoms with Crippen molar-refractivity contribution in [1.82, 2.24) is 20.2 Å². The molecule has 15 heteroatoms. The minimum atomic E-state index is -2.98. The number of amides is 4. The monoisotopic (exact) mass is 568 g/mol. The van der Waals surface area contributed by atoms with Crippen LogP contribution in [-0.4, -0.2) is 47.4 Å². The van der Waals surface area contributed by atoms with Gasteiger partial charge in [0, 0.05) is 30.2 Å². The van der Waals surface area contributed by atoms with E-state index >= 15 is 0 Å². The van der Waals surface area contributed by atoms with Crippen LogP contribution in [0.4, 0.5) is 38.3 Å². The van der Waals surface area contributed by atoms with Crippen molar-refractivity contribution in [3.63, 3.8) is 0 Å². The van der Waals surface area contributed by atoms with Gasteiger partial charge in [0.15, 0.2) is 17.5 Å². The van der Waals surface area contributed by atoms with Crippen molar-refractivity contribution in [2.45, 2.75) is 24.9 Å². The lowest BCUT2D eigenvalue weighted by Gasteiger charge is -2.28. The highest BCUT2D eigenvalue weighted by Crippen LogP contribution is 2.42. The van der Waals surface area contributed by atoms with Crippen LogP contribution >= 0.6 is 11.6 Å². The highest BCUT2D eigenvalue weighted by atomic mass is 35.5. The van der Waals surface area contributed by atoms with Crippen LogP contribution in [0.5, 0.6) is 0 Å². The highest BCUT2D eigenvalue weighted by molar-refractivity contribution is 6.31. The molecule has 3 aromatic rings. The Morgan fingerprint density at radius 2 is 1.85 bits per heavy atom. The van der Waals surface area contributed by atoms with Crippen molar-refractivity contribution < 1.29 is 36.3 Å². The average molecular weight is 569 g/mol. The molecule has 0 saturated carbocycles. The van der Waals surface area contributed by atoms with E-state index in [9.17, 15) is 36.3 Å². The standard InChI is InChI=1S/C24H18ClF5N6O3/c1-31-23(38)22-33-21(19-18(32-17(37)8-36(19)22)11-4-9(26)2-3-13(11)25)34-24(39)35-7-12(20(29)30)10-5-14(27)15(28)6-16(10)35/h2-6,12,18,20H,7-8H2,1H3,(H,31,38)(H,32,37)(H,34,39)/t12-,18-/m0/s1. The summed E-state index contributed by atoms with van der Waals surface area (Å²) in [5.41, 5.74) is -0.390. The number of carbonyl (C=O) groups is 3. The predicted molar refractivity (Wildman–Crippen MR) is 128 cm³/mol. The minimum absolute atomic E-state index is 0.0455. The number of halogens is 6. The average Bonchev–Trinajstić information content (AvgIpc) is 3.43. The molecular weight excluding hydrogens is 551 g/mol. The Kier molecular flexibility index (Phi) is 6.66. The molecule has 0 fully saturated rings. The van der Waals surface area contributed by atoms with Gasteiger partial charge < -0.3 is 15.2 Å². The molecule has 0 bridgehead atoms. The van der Waals surface area contributed by atoms with Gasteiger partial charge in [-0.1, -0.05) is 11.6 Å². The summed E-state index contributed by atoms with van der Waals surface area (Å²) in [5.74, 6) is -6.80. The van der Waals surface area contributed by atoms with Crippen LogP contribution in [0.3, 0.4) is 0 Å². The summed E-state index contributed by atoms with van der Waals surface area (Å²) in [6, 6.07) is 2.44. The van der Waals surface area contributed by atoms with Gasteiger partial charge in [0.1, 0.15) is 12.4 Å². The smallest absolute Gasteiger partial charge is 0.327 e. The fourth-order valence-corrected chi connectivity index (χ4v) is 4.95. The summed E-state index contributed by atoms with van der Waals surface area (Å²) in [4.78, 5) is 43.4. The van der Waals surface area contributed by atoms with Crippen molar-refractivity contribution in [1.29, 1.82) is 0 Å². The molecule has 5 rings (SSSR count). The molecule has 2 aliphatic rings. The molecule has 2 atom stereocenters. The molecule has 2 aliphatic heterocycles. The first-order valence-electron chi connectivity index (χ1n) is 11.4. The normalized spacial score (nSPS) is 18.1. The Bertz CT molecular complexity index is 1530. The van der Waals surface area contributed by atoms with Crippen LogP contribution in [0.1, 0.15) is 39.4 Å². The Morgan fingerprint density at radius 1 is 1.13 bits per heavy atom. The molecule has 39 heavy (non-hydrogen) atoms. The summed E-state index contributed by atoms with van der Waals surface area (Å²) >= 11 is 6.27. The largest absolute Gasteiger partial charge is 0.352 e. The number of imidazole rings is 1. The summed E-state index contributed by atoms with van der Waals surface area (Å²) in [6.45, 7) is -0.995. The molecular formula is C24H18ClF5N6O3. The zero-order valence-corrected chi connectivity index (χ0v) is 20.6. The Hall–Kier alpha value is -4.20. The predicted octanol–water partition coefficient (Wildman–Crippen LogP) is 3.93. The molecule has 0 unspecified atom stereocenters. The Labute approximate surface area is 221 Å². The number of urea groups is 1. The van der Waals surface area contributed by atoms with Gasteiger partial charge in [-0.3, -0.25) is 19.8 Å². The third-order valence-electron chi connectivity index (χ3n) is 6.50. The lowest BCUT2D eigenvalue weighted by Crippen LogP contribution is -2.41. The summed E-state index contributed by atoms with van der Waals surface area (Å²) in [5, 5.41) is 7.46.